The first kappa shape index (κ1) is 20.9. The average molecular weight is 441 g/mol. The number of aliphatic hydroxyl groups excluding tert-OH is 2. The highest BCUT2D eigenvalue weighted by atomic mass is 16.7. The molecule has 11 nitrogen and oxygen atoms in total. The Morgan fingerprint density at radius 3 is 2.84 bits per heavy atom. The van der Waals surface area contributed by atoms with Gasteiger partial charge >= 0.3 is 0 Å². The van der Waals surface area contributed by atoms with Crippen molar-refractivity contribution in [3.05, 3.63) is 48.5 Å². The van der Waals surface area contributed by atoms with Gasteiger partial charge in [-0.1, -0.05) is 18.2 Å². The van der Waals surface area contributed by atoms with E-state index in [1.807, 2.05) is 6.07 Å². The number of anilines is 1. The first-order chi connectivity index (χ1) is 15.7. The topological polar surface area (TPSA) is 141 Å². The Kier molecular flexibility index (Phi) is 5.81. The second kappa shape index (κ2) is 8.88. The van der Waals surface area contributed by atoms with Gasteiger partial charge in [0.15, 0.2) is 29.5 Å². The molecule has 3 aromatic rings. The molecule has 0 radical (unpaired) electrons. The van der Waals surface area contributed by atoms with Crippen molar-refractivity contribution in [3.8, 4) is 0 Å². The molecule has 0 bridgehead atoms. The van der Waals surface area contributed by atoms with E-state index in [0.717, 1.165) is 6.42 Å². The van der Waals surface area contributed by atoms with E-state index in [1.54, 1.807) is 28.8 Å². The smallest absolute Gasteiger partial charge is 0.256 e. The average Bonchev–Trinajstić information content (AvgIpc) is 3.55. The Morgan fingerprint density at radius 1 is 1.25 bits per heavy atom. The maximum Gasteiger partial charge on any atom is 0.256 e. The standard InChI is InChI=1S/C21H23N5O6/c27-9-13-16(28)17(32-14-7-4-8-30-14)21(31-13)26-11-24-15-18(22-10-23-19(15)26)25-20(29)12-5-2-1-3-6-12/h1-3,5-6,10-11,13-14,16-17,21,27-28H,4,7-9H2,(H,22,23,25,29)/t13-,14?,16-,17-,21+/m1/s1. The van der Waals surface area contributed by atoms with Crippen molar-refractivity contribution in [2.75, 3.05) is 18.5 Å². The number of rotatable bonds is 6. The van der Waals surface area contributed by atoms with Crippen molar-refractivity contribution in [1.82, 2.24) is 19.5 Å². The lowest BCUT2D eigenvalue weighted by molar-refractivity contribution is -0.181. The van der Waals surface area contributed by atoms with Crippen LogP contribution in [-0.4, -0.2) is 73.5 Å². The third kappa shape index (κ3) is 3.85. The predicted molar refractivity (Wildman–Crippen MR) is 111 cm³/mol. The number of carbonyl (C=O) groups is 1. The van der Waals surface area contributed by atoms with E-state index in [-0.39, 0.29) is 18.3 Å². The molecule has 168 valence electrons. The maximum atomic E-state index is 12.6. The number of fused-ring (bicyclic) bond motifs is 1. The van der Waals surface area contributed by atoms with Gasteiger partial charge in [-0.2, -0.15) is 0 Å². The Balaban J connectivity index is 1.44. The SMILES string of the molecule is O=C(Nc1ncnc2c1ncn2[C@H]1O[C@H](CO)[C@@H](O)[C@H]1OC1CCCO1)c1ccccc1. The minimum absolute atomic E-state index is 0.247. The van der Waals surface area contributed by atoms with Crippen LogP contribution in [0.4, 0.5) is 5.82 Å². The lowest BCUT2D eigenvalue weighted by Gasteiger charge is -2.24. The van der Waals surface area contributed by atoms with Crippen LogP contribution in [-0.2, 0) is 14.2 Å². The zero-order chi connectivity index (χ0) is 22.1. The summed E-state index contributed by atoms with van der Waals surface area (Å²) in [6, 6.07) is 8.76. The summed E-state index contributed by atoms with van der Waals surface area (Å²) in [6.07, 6.45) is 0.425. The third-order valence-electron chi connectivity index (χ3n) is 5.59. The minimum Gasteiger partial charge on any atom is -0.394 e. The molecule has 4 heterocycles. The van der Waals surface area contributed by atoms with Crippen LogP contribution in [0.2, 0.25) is 0 Å². The van der Waals surface area contributed by atoms with E-state index in [9.17, 15) is 15.0 Å². The molecule has 1 amide bonds. The first-order valence-corrected chi connectivity index (χ1v) is 10.4. The fourth-order valence-corrected chi connectivity index (χ4v) is 3.97. The Morgan fingerprint density at radius 2 is 2.09 bits per heavy atom. The van der Waals surface area contributed by atoms with E-state index < -0.39 is 30.8 Å². The molecule has 5 rings (SSSR count). The summed E-state index contributed by atoms with van der Waals surface area (Å²) in [4.78, 5) is 25.4. The molecular weight excluding hydrogens is 418 g/mol. The predicted octanol–water partition coefficient (Wildman–Crippen LogP) is 0.851. The summed E-state index contributed by atoms with van der Waals surface area (Å²) in [5, 5.41) is 23.0. The summed E-state index contributed by atoms with van der Waals surface area (Å²) >= 11 is 0. The lowest BCUT2D eigenvalue weighted by atomic mass is 10.1. The minimum atomic E-state index is -1.06. The van der Waals surface area contributed by atoms with Gasteiger partial charge in [0.25, 0.3) is 5.91 Å². The molecular formula is C21H23N5O6. The van der Waals surface area contributed by atoms with Gasteiger partial charge in [0.2, 0.25) is 0 Å². The van der Waals surface area contributed by atoms with Crippen LogP contribution in [0.1, 0.15) is 29.4 Å². The van der Waals surface area contributed by atoms with Gasteiger partial charge in [-0.3, -0.25) is 9.36 Å². The van der Waals surface area contributed by atoms with Crippen molar-refractivity contribution in [2.24, 2.45) is 0 Å². The van der Waals surface area contributed by atoms with Crippen LogP contribution >= 0.6 is 0 Å². The molecule has 3 N–H and O–H groups in total. The maximum absolute atomic E-state index is 12.6. The number of nitrogens with one attached hydrogen (secondary N) is 1. The number of imidazole rings is 1. The molecule has 2 fully saturated rings. The van der Waals surface area contributed by atoms with Gasteiger partial charge in [0.1, 0.15) is 24.6 Å². The van der Waals surface area contributed by atoms with Gasteiger partial charge in [-0.05, 0) is 18.6 Å². The van der Waals surface area contributed by atoms with Crippen LogP contribution < -0.4 is 5.32 Å². The second-order valence-corrected chi connectivity index (χ2v) is 7.65. The molecule has 1 aromatic carbocycles. The molecule has 2 aliphatic heterocycles. The zero-order valence-corrected chi connectivity index (χ0v) is 17.1. The number of nitrogens with zero attached hydrogens (tertiary/aromatic N) is 4. The van der Waals surface area contributed by atoms with Crippen molar-refractivity contribution >= 4 is 22.9 Å². The normalized spacial score (nSPS) is 27.8. The van der Waals surface area contributed by atoms with Crippen molar-refractivity contribution in [3.63, 3.8) is 0 Å². The molecule has 2 aromatic heterocycles. The Labute approximate surface area is 183 Å². The fourth-order valence-electron chi connectivity index (χ4n) is 3.97. The molecule has 32 heavy (non-hydrogen) atoms. The number of aromatic nitrogens is 4. The van der Waals surface area contributed by atoms with E-state index in [2.05, 4.69) is 20.3 Å². The summed E-state index contributed by atoms with van der Waals surface area (Å²) in [6.45, 7) is 0.219. The first-order valence-electron chi connectivity index (χ1n) is 10.4. The number of benzene rings is 1. The Hall–Kier alpha value is -2.96. The van der Waals surface area contributed by atoms with Gasteiger partial charge in [0, 0.05) is 18.6 Å². The van der Waals surface area contributed by atoms with E-state index in [1.165, 1.54) is 12.7 Å². The summed E-state index contributed by atoms with van der Waals surface area (Å²) < 4.78 is 19.0. The second-order valence-electron chi connectivity index (χ2n) is 7.65. The molecule has 0 saturated carbocycles. The molecule has 0 spiro atoms. The van der Waals surface area contributed by atoms with E-state index in [0.29, 0.717) is 29.8 Å². The Bertz CT molecular complexity index is 1090. The molecule has 0 aliphatic carbocycles. The zero-order valence-electron chi connectivity index (χ0n) is 17.1. The molecule has 5 atom stereocenters. The highest BCUT2D eigenvalue weighted by Crippen LogP contribution is 2.35. The molecule has 11 heteroatoms. The molecule has 2 aliphatic rings. The molecule has 2 saturated heterocycles. The number of hydrogen-bond acceptors (Lipinski definition) is 9. The van der Waals surface area contributed by atoms with Crippen LogP contribution in [0.15, 0.2) is 43.0 Å². The van der Waals surface area contributed by atoms with E-state index >= 15 is 0 Å². The van der Waals surface area contributed by atoms with Gasteiger partial charge in [-0.15, -0.1) is 0 Å². The number of aliphatic hydroxyl groups is 2. The number of ether oxygens (including phenoxy) is 3. The van der Waals surface area contributed by atoms with Crippen molar-refractivity contribution in [1.29, 1.82) is 0 Å². The molecule has 1 unspecified atom stereocenters. The fraction of sp³-hybridized carbons (Fsp3) is 0.429. The van der Waals surface area contributed by atoms with E-state index in [4.69, 9.17) is 14.2 Å². The largest absolute Gasteiger partial charge is 0.394 e. The summed E-state index contributed by atoms with van der Waals surface area (Å²) in [7, 11) is 0. The quantitative estimate of drug-likeness (QED) is 0.508. The van der Waals surface area contributed by atoms with Crippen LogP contribution in [0.25, 0.3) is 11.2 Å². The lowest BCUT2D eigenvalue weighted by Crippen LogP contribution is -2.38. The van der Waals surface area contributed by atoms with Crippen LogP contribution in [0, 0.1) is 0 Å². The van der Waals surface area contributed by atoms with Crippen LogP contribution in [0.3, 0.4) is 0 Å². The third-order valence-corrected chi connectivity index (χ3v) is 5.59. The van der Waals surface area contributed by atoms with Crippen molar-refractivity contribution < 1.29 is 29.2 Å². The highest BCUT2D eigenvalue weighted by Gasteiger charge is 2.47. The highest BCUT2D eigenvalue weighted by molar-refractivity contribution is 6.06. The van der Waals surface area contributed by atoms with Gasteiger partial charge < -0.3 is 29.7 Å². The van der Waals surface area contributed by atoms with Crippen molar-refractivity contribution in [2.45, 2.75) is 43.7 Å². The number of hydrogen-bond donors (Lipinski definition) is 3. The summed E-state index contributed by atoms with van der Waals surface area (Å²) in [5.74, 6) is -0.0796. The van der Waals surface area contributed by atoms with Gasteiger partial charge in [-0.25, -0.2) is 15.0 Å². The number of amides is 1. The van der Waals surface area contributed by atoms with Gasteiger partial charge in [0.05, 0.1) is 12.9 Å². The summed E-state index contributed by atoms with van der Waals surface area (Å²) in [5.41, 5.74) is 1.23. The number of carbonyl (C=O) groups excluding carboxylic acids is 1. The monoisotopic (exact) mass is 441 g/mol. The van der Waals surface area contributed by atoms with Crippen LogP contribution in [0.5, 0.6) is 0 Å².